The fourth-order valence-electron chi connectivity index (χ4n) is 2.70. The number of guanidine groups is 1. The van der Waals surface area contributed by atoms with Crippen molar-refractivity contribution in [1.29, 1.82) is 0 Å². The topological polar surface area (TPSA) is 92.1 Å². The Morgan fingerprint density at radius 1 is 1.30 bits per heavy atom. The summed E-state index contributed by atoms with van der Waals surface area (Å²) in [6.45, 7) is 7.30. The van der Waals surface area contributed by atoms with Gasteiger partial charge in [0, 0.05) is 37.5 Å². The summed E-state index contributed by atoms with van der Waals surface area (Å²) in [6, 6.07) is 4.25. The number of nitrogens with zero attached hydrogens (tertiary/aromatic N) is 5. The highest BCUT2D eigenvalue weighted by molar-refractivity contribution is 7.10. The first-order valence-corrected chi connectivity index (χ1v) is 9.99. The fourth-order valence-corrected chi connectivity index (χ4v) is 3.47. The summed E-state index contributed by atoms with van der Waals surface area (Å²) in [4.78, 5) is 14.6. The van der Waals surface area contributed by atoms with E-state index in [0.717, 1.165) is 42.4 Å². The Kier molecular flexibility index (Phi) is 6.59. The molecule has 3 rings (SSSR count). The SMILES string of the molecule is CCNC(=NCC(C)c1cccs1)NCCNc1ncnc2c1cnn2C. The van der Waals surface area contributed by atoms with Crippen LogP contribution in [0.4, 0.5) is 5.82 Å². The number of aliphatic imine (C=N–C) groups is 1. The van der Waals surface area contributed by atoms with Gasteiger partial charge in [0.1, 0.15) is 12.1 Å². The minimum Gasteiger partial charge on any atom is -0.368 e. The predicted molar refractivity (Wildman–Crippen MR) is 112 cm³/mol. The third-order valence-electron chi connectivity index (χ3n) is 4.14. The molecule has 0 aliphatic carbocycles. The highest BCUT2D eigenvalue weighted by atomic mass is 32.1. The summed E-state index contributed by atoms with van der Waals surface area (Å²) in [5, 5.41) is 17.2. The minimum atomic E-state index is 0.415. The normalized spacial score (nSPS) is 12.9. The predicted octanol–water partition coefficient (Wildman–Crippen LogP) is 2.20. The number of hydrogen-bond acceptors (Lipinski definition) is 6. The molecular weight excluding hydrogens is 360 g/mol. The molecule has 8 nitrogen and oxygen atoms in total. The lowest BCUT2D eigenvalue weighted by molar-refractivity contribution is 0.760. The zero-order chi connectivity index (χ0) is 19.1. The number of hydrogen-bond donors (Lipinski definition) is 3. The van der Waals surface area contributed by atoms with Crippen LogP contribution in [0.3, 0.4) is 0 Å². The summed E-state index contributed by atoms with van der Waals surface area (Å²) in [6.07, 6.45) is 3.33. The summed E-state index contributed by atoms with van der Waals surface area (Å²) in [5.41, 5.74) is 0.818. The molecule has 1 atom stereocenters. The second-order valence-electron chi connectivity index (χ2n) is 6.22. The van der Waals surface area contributed by atoms with Crippen molar-refractivity contribution >= 4 is 34.1 Å². The summed E-state index contributed by atoms with van der Waals surface area (Å²) >= 11 is 1.78. The average Bonchev–Trinajstić information content (AvgIpc) is 3.34. The zero-order valence-electron chi connectivity index (χ0n) is 15.9. The Labute approximate surface area is 163 Å². The molecule has 3 aromatic rings. The van der Waals surface area contributed by atoms with Crippen LogP contribution in [0.15, 0.2) is 35.0 Å². The minimum absolute atomic E-state index is 0.415. The van der Waals surface area contributed by atoms with E-state index in [1.165, 1.54) is 4.88 Å². The van der Waals surface area contributed by atoms with E-state index in [4.69, 9.17) is 4.99 Å². The molecular formula is C18H26N8S. The van der Waals surface area contributed by atoms with Crippen molar-refractivity contribution in [3.05, 3.63) is 34.9 Å². The van der Waals surface area contributed by atoms with Crippen LogP contribution in [-0.2, 0) is 7.05 Å². The van der Waals surface area contributed by atoms with Crippen LogP contribution in [0.2, 0.25) is 0 Å². The van der Waals surface area contributed by atoms with E-state index >= 15 is 0 Å². The molecule has 9 heteroatoms. The molecule has 0 aliphatic rings. The number of anilines is 1. The van der Waals surface area contributed by atoms with E-state index in [2.05, 4.69) is 62.4 Å². The van der Waals surface area contributed by atoms with E-state index in [-0.39, 0.29) is 0 Å². The van der Waals surface area contributed by atoms with Gasteiger partial charge in [-0.3, -0.25) is 9.67 Å². The molecule has 0 bridgehead atoms. The first-order chi connectivity index (χ1) is 13.2. The van der Waals surface area contributed by atoms with Gasteiger partial charge in [0.15, 0.2) is 11.6 Å². The van der Waals surface area contributed by atoms with Crippen molar-refractivity contribution in [3.63, 3.8) is 0 Å². The standard InChI is InChI=1S/C18H26N8S/c1-4-19-18(22-10-13(2)15-6-5-9-27-15)21-8-7-20-16-14-11-25-26(3)17(14)24-12-23-16/h5-6,9,11-13H,4,7-8,10H2,1-3H3,(H2,19,21,22)(H,20,23,24). The first-order valence-electron chi connectivity index (χ1n) is 9.11. The molecule has 0 saturated heterocycles. The van der Waals surface area contributed by atoms with Gasteiger partial charge in [-0.25, -0.2) is 9.97 Å². The van der Waals surface area contributed by atoms with Crippen molar-refractivity contribution in [2.45, 2.75) is 19.8 Å². The first kappa shape index (κ1) is 19.1. The van der Waals surface area contributed by atoms with E-state index in [0.29, 0.717) is 12.5 Å². The molecule has 144 valence electrons. The quantitative estimate of drug-likeness (QED) is 0.312. The molecule has 0 saturated carbocycles. The third-order valence-corrected chi connectivity index (χ3v) is 5.24. The Bertz CT molecular complexity index is 871. The van der Waals surface area contributed by atoms with Gasteiger partial charge in [0.05, 0.1) is 18.1 Å². The lowest BCUT2D eigenvalue weighted by Gasteiger charge is -2.13. The third kappa shape index (κ3) is 4.94. The molecule has 1 unspecified atom stereocenters. The van der Waals surface area contributed by atoms with Crippen LogP contribution in [-0.4, -0.2) is 51.9 Å². The van der Waals surface area contributed by atoms with Crippen LogP contribution in [0.1, 0.15) is 24.6 Å². The number of rotatable bonds is 8. The molecule has 0 amide bonds. The number of aromatic nitrogens is 4. The lowest BCUT2D eigenvalue weighted by atomic mass is 10.1. The molecule has 0 radical (unpaired) electrons. The maximum atomic E-state index is 4.70. The van der Waals surface area contributed by atoms with Crippen molar-refractivity contribution in [1.82, 2.24) is 30.4 Å². The highest BCUT2D eigenvalue weighted by Gasteiger charge is 2.08. The number of thiophene rings is 1. The van der Waals surface area contributed by atoms with Crippen molar-refractivity contribution < 1.29 is 0 Å². The van der Waals surface area contributed by atoms with Gasteiger partial charge < -0.3 is 16.0 Å². The molecule has 0 aromatic carbocycles. The van der Waals surface area contributed by atoms with E-state index in [1.54, 1.807) is 28.5 Å². The average molecular weight is 387 g/mol. The maximum Gasteiger partial charge on any atom is 0.191 e. The second-order valence-corrected chi connectivity index (χ2v) is 7.20. The van der Waals surface area contributed by atoms with Crippen LogP contribution in [0.25, 0.3) is 11.0 Å². The van der Waals surface area contributed by atoms with Gasteiger partial charge >= 0.3 is 0 Å². The number of aryl methyl sites for hydroxylation is 1. The van der Waals surface area contributed by atoms with E-state index < -0.39 is 0 Å². The van der Waals surface area contributed by atoms with Crippen molar-refractivity contribution in [3.8, 4) is 0 Å². The van der Waals surface area contributed by atoms with Crippen molar-refractivity contribution in [2.24, 2.45) is 12.0 Å². The zero-order valence-corrected chi connectivity index (χ0v) is 16.8. The Morgan fingerprint density at radius 3 is 2.96 bits per heavy atom. The fraction of sp³-hybridized carbons (Fsp3) is 0.444. The molecule has 3 N–H and O–H groups in total. The molecule has 0 aliphatic heterocycles. The monoisotopic (exact) mass is 386 g/mol. The lowest BCUT2D eigenvalue weighted by Crippen LogP contribution is -2.39. The van der Waals surface area contributed by atoms with Crippen molar-refractivity contribution in [2.75, 3.05) is 31.5 Å². The smallest absolute Gasteiger partial charge is 0.191 e. The highest BCUT2D eigenvalue weighted by Crippen LogP contribution is 2.20. The summed E-state index contributed by atoms with van der Waals surface area (Å²) < 4.78 is 1.74. The summed E-state index contributed by atoms with van der Waals surface area (Å²) in [5.74, 6) is 2.04. The van der Waals surface area contributed by atoms with E-state index in [1.807, 2.05) is 7.05 Å². The number of nitrogens with one attached hydrogen (secondary N) is 3. The van der Waals surface area contributed by atoms with Gasteiger partial charge in [-0.15, -0.1) is 11.3 Å². The van der Waals surface area contributed by atoms with Gasteiger partial charge in [-0.2, -0.15) is 5.10 Å². The van der Waals surface area contributed by atoms with E-state index in [9.17, 15) is 0 Å². The van der Waals surface area contributed by atoms with Gasteiger partial charge in [0.25, 0.3) is 0 Å². The maximum absolute atomic E-state index is 4.70. The summed E-state index contributed by atoms with van der Waals surface area (Å²) in [7, 11) is 1.87. The van der Waals surface area contributed by atoms with Crippen LogP contribution >= 0.6 is 11.3 Å². The Morgan fingerprint density at radius 2 is 2.19 bits per heavy atom. The van der Waals surface area contributed by atoms with Gasteiger partial charge in [-0.05, 0) is 18.4 Å². The van der Waals surface area contributed by atoms with Gasteiger partial charge in [0.2, 0.25) is 0 Å². The van der Waals surface area contributed by atoms with Crippen LogP contribution in [0, 0.1) is 0 Å². The molecule has 0 fully saturated rings. The van der Waals surface area contributed by atoms with Crippen LogP contribution < -0.4 is 16.0 Å². The Hall–Kier alpha value is -2.68. The molecule has 0 spiro atoms. The van der Waals surface area contributed by atoms with Crippen LogP contribution in [0.5, 0.6) is 0 Å². The molecule has 27 heavy (non-hydrogen) atoms. The van der Waals surface area contributed by atoms with Gasteiger partial charge in [-0.1, -0.05) is 13.0 Å². The second kappa shape index (κ2) is 9.31. The molecule has 3 heterocycles. The Balaban J connectivity index is 1.51. The largest absolute Gasteiger partial charge is 0.368 e. The number of fused-ring (bicyclic) bond motifs is 1. The molecule has 3 aromatic heterocycles.